The maximum absolute atomic E-state index is 9.19. The number of aromatic nitrogens is 2. The molecule has 1 N–H and O–H groups in total. The first kappa shape index (κ1) is 16.4. The number of imidazole rings is 1. The lowest BCUT2D eigenvalue weighted by Crippen LogP contribution is -1.82. The van der Waals surface area contributed by atoms with Crippen LogP contribution in [0.4, 0.5) is 11.6 Å². The highest BCUT2D eigenvalue weighted by atomic mass is 15.2. The molecule has 128 valence electrons. The van der Waals surface area contributed by atoms with E-state index in [2.05, 4.69) is 26.3 Å². The first-order valence-electron chi connectivity index (χ1n) is 8.47. The number of benzene rings is 3. The molecule has 0 fully saturated rings. The van der Waals surface area contributed by atoms with Crippen molar-refractivity contribution in [3.05, 3.63) is 90.5 Å². The summed E-state index contributed by atoms with van der Waals surface area (Å²) >= 11 is 0. The van der Waals surface area contributed by atoms with Gasteiger partial charge in [-0.25, -0.2) is 4.98 Å². The fourth-order valence-electron chi connectivity index (χ4n) is 2.78. The zero-order chi connectivity index (χ0) is 18.5. The monoisotopic (exact) mass is 349 g/mol. The van der Waals surface area contributed by atoms with Crippen LogP contribution in [0.25, 0.3) is 22.5 Å². The fraction of sp³-hybridized carbons (Fsp3) is 0. The minimum Gasteiger partial charge on any atom is -0.320 e. The van der Waals surface area contributed by atoms with E-state index in [0.717, 1.165) is 22.5 Å². The third-order valence-corrected chi connectivity index (χ3v) is 4.08. The predicted octanol–water partition coefficient (Wildman–Crippen LogP) is 6.03. The summed E-state index contributed by atoms with van der Waals surface area (Å²) in [6.07, 6.45) is 0. The summed E-state index contributed by atoms with van der Waals surface area (Å²) in [5, 5.41) is 17.6. The molecule has 0 aliphatic rings. The van der Waals surface area contributed by atoms with Crippen LogP contribution < -0.4 is 0 Å². The van der Waals surface area contributed by atoms with Crippen molar-refractivity contribution in [2.24, 2.45) is 10.2 Å². The van der Waals surface area contributed by atoms with Crippen molar-refractivity contribution in [3.8, 4) is 28.6 Å². The molecule has 3 aromatic carbocycles. The number of nitrogens with one attached hydrogen (secondary N) is 1. The second-order valence-corrected chi connectivity index (χ2v) is 5.85. The van der Waals surface area contributed by atoms with Gasteiger partial charge in [-0.3, -0.25) is 0 Å². The van der Waals surface area contributed by atoms with Gasteiger partial charge in [-0.05, 0) is 12.1 Å². The Labute approximate surface area is 156 Å². The van der Waals surface area contributed by atoms with E-state index in [-0.39, 0.29) is 0 Å². The van der Waals surface area contributed by atoms with Crippen LogP contribution in [0.5, 0.6) is 0 Å². The van der Waals surface area contributed by atoms with Gasteiger partial charge < -0.3 is 4.98 Å². The average molecular weight is 349 g/mol. The van der Waals surface area contributed by atoms with E-state index in [1.54, 1.807) is 18.2 Å². The Kier molecular flexibility index (Phi) is 4.54. The van der Waals surface area contributed by atoms with Gasteiger partial charge >= 0.3 is 0 Å². The van der Waals surface area contributed by atoms with E-state index in [1.165, 1.54) is 0 Å². The van der Waals surface area contributed by atoms with Gasteiger partial charge in [-0.15, -0.1) is 10.2 Å². The van der Waals surface area contributed by atoms with Crippen LogP contribution in [-0.2, 0) is 0 Å². The standard InChI is InChI=1S/C22H15N5/c23-15-18-13-7-8-14-19(18)26-27-22-24-20(16-9-3-1-4-10-16)21(25-22)17-11-5-2-6-12-17/h1-14H,(H,24,25). The third-order valence-electron chi connectivity index (χ3n) is 4.08. The van der Waals surface area contributed by atoms with E-state index < -0.39 is 0 Å². The number of rotatable bonds is 4. The molecule has 0 spiro atoms. The average Bonchev–Trinajstić information content (AvgIpc) is 3.18. The van der Waals surface area contributed by atoms with Gasteiger partial charge in [0.05, 0.1) is 17.0 Å². The molecule has 5 heteroatoms. The lowest BCUT2D eigenvalue weighted by molar-refractivity contribution is 1.12. The van der Waals surface area contributed by atoms with Crippen LogP contribution in [0, 0.1) is 11.3 Å². The molecular weight excluding hydrogens is 334 g/mol. The molecule has 0 radical (unpaired) electrons. The molecular formula is C22H15N5. The summed E-state index contributed by atoms with van der Waals surface area (Å²) < 4.78 is 0. The minimum atomic E-state index is 0.389. The Hall–Kier alpha value is -4.04. The van der Waals surface area contributed by atoms with Crippen molar-refractivity contribution < 1.29 is 0 Å². The highest BCUT2D eigenvalue weighted by Crippen LogP contribution is 2.32. The van der Waals surface area contributed by atoms with Crippen LogP contribution in [0.15, 0.2) is 95.2 Å². The molecule has 4 rings (SSSR count). The molecule has 27 heavy (non-hydrogen) atoms. The van der Waals surface area contributed by atoms with E-state index in [9.17, 15) is 5.26 Å². The predicted molar refractivity (Wildman–Crippen MR) is 105 cm³/mol. The van der Waals surface area contributed by atoms with Gasteiger partial charge in [0.1, 0.15) is 11.8 Å². The van der Waals surface area contributed by atoms with E-state index >= 15 is 0 Å². The Morgan fingerprint density at radius 3 is 2.07 bits per heavy atom. The van der Waals surface area contributed by atoms with Crippen molar-refractivity contribution in [2.45, 2.75) is 0 Å². The maximum Gasteiger partial charge on any atom is 0.247 e. The number of hydrogen-bond acceptors (Lipinski definition) is 4. The number of azo groups is 1. The van der Waals surface area contributed by atoms with Gasteiger partial charge in [0.15, 0.2) is 0 Å². The van der Waals surface area contributed by atoms with Crippen molar-refractivity contribution in [3.63, 3.8) is 0 Å². The molecule has 0 unspecified atom stereocenters. The van der Waals surface area contributed by atoms with E-state index in [1.807, 2.05) is 66.7 Å². The molecule has 0 aliphatic heterocycles. The molecule has 5 nitrogen and oxygen atoms in total. The summed E-state index contributed by atoms with van der Waals surface area (Å²) in [5.74, 6) is 0.389. The van der Waals surface area contributed by atoms with Crippen LogP contribution in [-0.4, -0.2) is 9.97 Å². The van der Waals surface area contributed by atoms with Gasteiger partial charge in [0.2, 0.25) is 5.95 Å². The Morgan fingerprint density at radius 2 is 1.37 bits per heavy atom. The molecule has 4 aromatic rings. The Morgan fingerprint density at radius 1 is 0.741 bits per heavy atom. The van der Waals surface area contributed by atoms with Crippen molar-refractivity contribution in [1.29, 1.82) is 5.26 Å². The number of hydrogen-bond donors (Lipinski definition) is 1. The first-order valence-corrected chi connectivity index (χ1v) is 8.47. The summed E-state index contributed by atoms with van der Waals surface area (Å²) in [6.45, 7) is 0. The third kappa shape index (κ3) is 3.51. The smallest absolute Gasteiger partial charge is 0.247 e. The van der Waals surface area contributed by atoms with E-state index in [4.69, 9.17) is 0 Å². The van der Waals surface area contributed by atoms with Crippen LogP contribution in [0.3, 0.4) is 0 Å². The normalized spacial score (nSPS) is 10.8. The summed E-state index contributed by atoms with van der Waals surface area (Å²) in [7, 11) is 0. The largest absolute Gasteiger partial charge is 0.320 e. The topological polar surface area (TPSA) is 77.2 Å². The van der Waals surface area contributed by atoms with Crippen molar-refractivity contribution >= 4 is 11.6 Å². The van der Waals surface area contributed by atoms with Crippen molar-refractivity contribution in [2.75, 3.05) is 0 Å². The zero-order valence-electron chi connectivity index (χ0n) is 14.4. The first-order chi connectivity index (χ1) is 13.3. The summed E-state index contributed by atoms with van der Waals surface area (Å²) in [4.78, 5) is 7.88. The molecule has 0 atom stereocenters. The summed E-state index contributed by atoms with van der Waals surface area (Å²) in [5.41, 5.74) is 4.68. The molecule has 0 aliphatic carbocycles. The zero-order valence-corrected chi connectivity index (χ0v) is 14.4. The second kappa shape index (κ2) is 7.46. The Bertz CT molecular complexity index is 1070. The van der Waals surface area contributed by atoms with Gasteiger partial charge in [0, 0.05) is 11.1 Å². The summed E-state index contributed by atoms with van der Waals surface area (Å²) in [6, 6.07) is 29.1. The lowest BCUT2D eigenvalue weighted by atomic mass is 10.1. The van der Waals surface area contributed by atoms with E-state index in [0.29, 0.717) is 17.2 Å². The molecule has 0 saturated heterocycles. The Balaban J connectivity index is 1.78. The fourth-order valence-corrected chi connectivity index (χ4v) is 2.78. The maximum atomic E-state index is 9.19. The highest BCUT2D eigenvalue weighted by Gasteiger charge is 2.13. The number of H-pyrrole nitrogens is 1. The van der Waals surface area contributed by atoms with Crippen LogP contribution in [0.2, 0.25) is 0 Å². The van der Waals surface area contributed by atoms with Gasteiger partial charge in [0.25, 0.3) is 0 Å². The number of nitriles is 1. The number of aromatic amines is 1. The lowest BCUT2D eigenvalue weighted by Gasteiger charge is -2.02. The van der Waals surface area contributed by atoms with Crippen LogP contribution in [0.1, 0.15) is 5.56 Å². The molecule has 0 amide bonds. The molecule has 0 bridgehead atoms. The number of nitrogens with zero attached hydrogens (tertiary/aromatic N) is 4. The highest BCUT2D eigenvalue weighted by molar-refractivity contribution is 5.79. The second-order valence-electron chi connectivity index (χ2n) is 5.85. The SMILES string of the molecule is N#Cc1ccccc1N=Nc1nc(-c2ccccc2)c(-c2ccccc2)[nH]1. The van der Waals surface area contributed by atoms with Gasteiger partial charge in [-0.1, -0.05) is 72.8 Å². The minimum absolute atomic E-state index is 0.389. The molecule has 1 aromatic heterocycles. The molecule has 0 saturated carbocycles. The van der Waals surface area contributed by atoms with Crippen molar-refractivity contribution in [1.82, 2.24) is 9.97 Å². The molecule has 1 heterocycles. The van der Waals surface area contributed by atoms with Gasteiger partial charge in [-0.2, -0.15) is 5.26 Å². The van der Waals surface area contributed by atoms with Crippen LogP contribution >= 0.6 is 0 Å². The quantitative estimate of drug-likeness (QED) is 0.457.